The number of carboxylic acid groups (broad SMARTS) is 1. The SMILES string of the molecule is COc1c(CCC(=O)O)ccc(C)c1O. The molecule has 0 amide bonds. The summed E-state index contributed by atoms with van der Waals surface area (Å²) < 4.78 is 5.05. The van der Waals surface area contributed by atoms with Crippen molar-refractivity contribution in [3.8, 4) is 11.5 Å². The molecule has 0 heterocycles. The van der Waals surface area contributed by atoms with Crippen molar-refractivity contribution in [3.05, 3.63) is 23.3 Å². The molecular weight excluding hydrogens is 196 g/mol. The third-order valence-corrected chi connectivity index (χ3v) is 2.23. The molecule has 0 fully saturated rings. The number of ether oxygens (including phenoxy) is 1. The van der Waals surface area contributed by atoms with Crippen molar-refractivity contribution in [3.63, 3.8) is 0 Å². The number of carboxylic acids is 1. The Balaban J connectivity index is 2.97. The summed E-state index contributed by atoms with van der Waals surface area (Å²) in [5, 5.41) is 18.2. The number of phenolic OH excluding ortho intramolecular Hbond substituents is 1. The van der Waals surface area contributed by atoms with E-state index in [0.29, 0.717) is 23.3 Å². The molecule has 4 heteroatoms. The summed E-state index contributed by atoms with van der Waals surface area (Å²) in [4.78, 5) is 10.4. The van der Waals surface area contributed by atoms with Gasteiger partial charge >= 0.3 is 5.97 Å². The molecule has 0 atom stereocenters. The number of aromatic hydroxyl groups is 1. The van der Waals surface area contributed by atoms with E-state index >= 15 is 0 Å². The molecule has 0 aliphatic heterocycles. The van der Waals surface area contributed by atoms with Crippen molar-refractivity contribution in [1.82, 2.24) is 0 Å². The molecule has 0 aromatic heterocycles. The summed E-state index contributed by atoms with van der Waals surface area (Å²) in [7, 11) is 1.46. The molecule has 0 spiro atoms. The first-order valence-electron chi connectivity index (χ1n) is 4.63. The number of hydrogen-bond acceptors (Lipinski definition) is 3. The van der Waals surface area contributed by atoms with Crippen molar-refractivity contribution in [2.75, 3.05) is 7.11 Å². The van der Waals surface area contributed by atoms with Crippen LogP contribution in [0.4, 0.5) is 0 Å². The highest BCUT2D eigenvalue weighted by atomic mass is 16.5. The molecule has 0 aliphatic carbocycles. The fraction of sp³-hybridized carbons (Fsp3) is 0.364. The zero-order valence-electron chi connectivity index (χ0n) is 8.78. The second-order valence-electron chi connectivity index (χ2n) is 3.32. The number of aryl methyl sites for hydroxylation is 2. The van der Waals surface area contributed by atoms with Gasteiger partial charge in [-0.1, -0.05) is 12.1 Å². The second-order valence-corrected chi connectivity index (χ2v) is 3.32. The van der Waals surface area contributed by atoms with E-state index in [-0.39, 0.29) is 12.2 Å². The van der Waals surface area contributed by atoms with Crippen LogP contribution in [0.2, 0.25) is 0 Å². The highest BCUT2D eigenvalue weighted by Gasteiger charge is 2.11. The van der Waals surface area contributed by atoms with Gasteiger partial charge in [0.05, 0.1) is 7.11 Å². The van der Waals surface area contributed by atoms with Crippen LogP contribution < -0.4 is 4.74 Å². The van der Waals surface area contributed by atoms with Crippen LogP contribution in [0.15, 0.2) is 12.1 Å². The maximum absolute atomic E-state index is 10.4. The molecule has 0 bridgehead atoms. The van der Waals surface area contributed by atoms with Crippen molar-refractivity contribution < 1.29 is 19.7 Å². The lowest BCUT2D eigenvalue weighted by atomic mass is 10.1. The summed E-state index contributed by atoms with van der Waals surface area (Å²) in [6.45, 7) is 1.76. The Morgan fingerprint density at radius 3 is 2.67 bits per heavy atom. The maximum Gasteiger partial charge on any atom is 0.303 e. The summed E-state index contributed by atoms with van der Waals surface area (Å²) in [6, 6.07) is 3.52. The average molecular weight is 210 g/mol. The summed E-state index contributed by atoms with van der Waals surface area (Å²) >= 11 is 0. The smallest absolute Gasteiger partial charge is 0.303 e. The molecule has 4 nitrogen and oxygen atoms in total. The number of rotatable bonds is 4. The minimum Gasteiger partial charge on any atom is -0.504 e. The molecule has 1 aromatic rings. The van der Waals surface area contributed by atoms with Gasteiger partial charge in [0.25, 0.3) is 0 Å². The predicted octanol–water partition coefficient (Wildman–Crippen LogP) is 1.73. The Bertz CT molecular complexity index is 371. The van der Waals surface area contributed by atoms with Gasteiger partial charge in [-0.15, -0.1) is 0 Å². The summed E-state index contributed by atoms with van der Waals surface area (Å²) in [5.41, 5.74) is 1.42. The van der Waals surface area contributed by atoms with Crippen molar-refractivity contribution >= 4 is 5.97 Å². The molecular formula is C11H14O4. The van der Waals surface area contributed by atoms with E-state index in [1.807, 2.05) is 0 Å². The van der Waals surface area contributed by atoms with E-state index in [1.165, 1.54) is 7.11 Å². The van der Waals surface area contributed by atoms with Crippen LogP contribution in [0.1, 0.15) is 17.5 Å². The number of carbonyl (C=O) groups is 1. The summed E-state index contributed by atoms with van der Waals surface area (Å²) in [6.07, 6.45) is 0.380. The number of benzene rings is 1. The lowest BCUT2D eigenvalue weighted by Crippen LogP contribution is -2.00. The van der Waals surface area contributed by atoms with Gasteiger partial charge in [0.2, 0.25) is 0 Å². The predicted molar refractivity (Wildman–Crippen MR) is 55.4 cm³/mol. The van der Waals surface area contributed by atoms with E-state index < -0.39 is 5.97 Å². The number of methoxy groups -OCH3 is 1. The van der Waals surface area contributed by atoms with E-state index in [1.54, 1.807) is 19.1 Å². The van der Waals surface area contributed by atoms with Gasteiger partial charge in [-0.25, -0.2) is 0 Å². The molecule has 0 saturated heterocycles. The van der Waals surface area contributed by atoms with Crippen LogP contribution in [-0.2, 0) is 11.2 Å². The van der Waals surface area contributed by atoms with Gasteiger partial charge in [-0.2, -0.15) is 0 Å². The lowest BCUT2D eigenvalue weighted by Gasteiger charge is -2.11. The fourth-order valence-electron chi connectivity index (χ4n) is 1.38. The first kappa shape index (κ1) is 11.4. The summed E-state index contributed by atoms with van der Waals surface area (Å²) in [5.74, 6) is -0.409. The largest absolute Gasteiger partial charge is 0.504 e. The van der Waals surface area contributed by atoms with Crippen molar-refractivity contribution in [1.29, 1.82) is 0 Å². The molecule has 82 valence electrons. The molecule has 0 unspecified atom stereocenters. The zero-order chi connectivity index (χ0) is 11.4. The van der Waals surface area contributed by atoms with Crippen molar-refractivity contribution in [2.24, 2.45) is 0 Å². The van der Waals surface area contributed by atoms with Crippen LogP contribution in [0.3, 0.4) is 0 Å². The van der Waals surface area contributed by atoms with Crippen molar-refractivity contribution in [2.45, 2.75) is 19.8 Å². The van der Waals surface area contributed by atoms with Crippen LogP contribution in [0.5, 0.6) is 11.5 Å². The monoisotopic (exact) mass is 210 g/mol. The van der Waals surface area contributed by atoms with E-state index in [2.05, 4.69) is 0 Å². The molecule has 15 heavy (non-hydrogen) atoms. The molecule has 0 aliphatic rings. The molecule has 1 rings (SSSR count). The van der Waals surface area contributed by atoms with Crippen LogP contribution in [0, 0.1) is 6.92 Å². The van der Waals surface area contributed by atoms with Gasteiger partial charge in [0, 0.05) is 6.42 Å². The van der Waals surface area contributed by atoms with E-state index in [0.717, 1.165) is 0 Å². The van der Waals surface area contributed by atoms with Crippen LogP contribution >= 0.6 is 0 Å². The first-order chi connectivity index (χ1) is 7.06. The number of aliphatic carboxylic acids is 1. The third-order valence-electron chi connectivity index (χ3n) is 2.23. The van der Waals surface area contributed by atoms with Gasteiger partial charge in [-0.05, 0) is 24.5 Å². The van der Waals surface area contributed by atoms with Gasteiger partial charge in [0.1, 0.15) is 0 Å². The standard InChI is InChI=1S/C11H14O4/c1-7-3-4-8(5-6-9(12)13)11(15-2)10(7)14/h3-4,14H,5-6H2,1-2H3,(H,12,13). The Labute approximate surface area is 88.1 Å². The lowest BCUT2D eigenvalue weighted by molar-refractivity contribution is -0.136. The number of phenols is 1. The Hall–Kier alpha value is -1.71. The number of hydrogen-bond donors (Lipinski definition) is 2. The van der Waals surface area contributed by atoms with E-state index in [9.17, 15) is 9.90 Å². The minimum absolute atomic E-state index is 0.0266. The normalized spacial score (nSPS) is 10.0. The maximum atomic E-state index is 10.4. The Morgan fingerprint density at radius 1 is 1.47 bits per heavy atom. The topological polar surface area (TPSA) is 66.8 Å². The van der Waals surface area contributed by atoms with Gasteiger partial charge in [-0.3, -0.25) is 4.79 Å². The zero-order valence-corrected chi connectivity index (χ0v) is 8.78. The Morgan fingerprint density at radius 2 is 2.13 bits per heavy atom. The van der Waals surface area contributed by atoms with Crippen LogP contribution in [-0.4, -0.2) is 23.3 Å². The molecule has 0 radical (unpaired) electrons. The van der Waals surface area contributed by atoms with Gasteiger partial charge in [0.15, 0.2) is 11.5 Å². The average Bonchev–Trinajstić information content (AvgIpc) is 2.19. The highest BCUT2D eigenvalue weighted by Crippen LogP contribution is 2.33. The Kier molecular flexibility index (Phi) is 3.55. The quantitative estimate of drug-likeness (QED) is 0.794. The fourth-order valence-corrected chi connectivity index (χ4v) is 1.38. The third kappa shape index (κ3) is 2.62. The molecule has 2 N–H and O–H groups in total. The van der Waals surface area contributed by atoms with Gasteiger partial charge < -0.3 is 14.9 Å². The van der Waals surface area contributed by atoms with Crippen LogP contribution in [0.25, 0.3) is 0 Å². The molecule has 1 aromatic carbocycles. The second kappa shape index (κ2) is 4.68. The highest BCUT2D eigenvalue weighted by molar-refractivity contribution is 5.67. The first-order valence-corrected chi connectivity index (χ1v) is 4.63. The van der Waals surface area contributed by atoms with E-state index in [4.69, 9.17) is 9.84 Å². The molecule has 0 saturated carbocycles. The minimum atomic E-state index is -0.864.